The van der Waals surface area contributed by atoms with Crippen molar-refractivity contribution in [3.63, 3.8) is 0 Å². The van der Waals surface area contributed by atoms with E-state index in [1.54, 1.807) is 7.11 Å². The fraction of sp³-hybridized carbons (Fsp3) is 0.270. The van der Waals surface area contributed by atoms with Crippen LogP contribution in [0.5, 0.6) is 17.2 Å². The second kappa shape index (κ2) is 15.2. The lowest BCUT2D eigenvalue weighted by Gasteiger charge is -2.21. The number of amides is 1. The van der Waals surface area contributed by atoms with Gasteiger partial charge in [-0.3, -0.25) is 4.79 Å². The molecule has 0 aliphatic carbocycles. The Kier molecular flexibility index (Phi) is 10.7. The molecule has 0 spiro atoms. The fourth-order valence-corrected chi connectivity index (χ4v) is 5.07. The lowest BCUT2D eigenvalue weighted by molar-refractivity contribution is 0.0541. The van der Waals surface area contributed by atoms with Gasteiger partial charge in [-0.05, 0) is 41.3 Å². The van der Waals surface area contributed by atoms with Crippen LogP contribution in [-0.4, -0.2) is 44.3 Å². The number of carbonyl (C=O) groups excluding carboxylic acids is 1. The van der Waals surface area contributed by atoms with Gasteiger partial charge in [0.25, 0.3) is 5.91 Å². The highest BCUT2D eigenvalue weighted by atomic mass is 16.5. The molecule has 1 aliphatic heterocycles. The molecular weight excluding hydrogens is 554 g/mol. The average Bonchev–Trinajstić information content (AvgIpc) is 3.50. The smallest absolute Gasteiger partial charge is 0.258 e. The van der Waals surface area contributed by atoms with E-state index in [1.807, 2.05) is 103 Å². The molecule has 0 atom stereocenters. The predicted molar refractivity (Wildman–Crippen MR) is 171 cm³/mol. The highest BCUT2D eigenvalue weighted by molar-refractivity contribution is 5.98. The summed E-state index contributed by atoms with van der Waals surface area (Å²) in [6.45, 7) is 9.64. The molecule has 4 aromatic carbocycles. The number of hydrogen-bond donors (Lipinski definition) is 0. The van der Waals surface area contributed by atoms with E-state index in [0.717, 1.165) is 39.1 Å². The van der Waals surface area contributed by atoms with Crippen molar-refractivity contribution in [2.24, 2.45) is 0 Å². The average molecular weight is 594 g/mol. The third-order valence-electron chi connectivity index (χ3n) is 7.39. The van der Waals surface area contributed by atoms with Crippen LogP contribution in [0, 0.1) is 0 Å². The number of fused-ring (bicyclic) bond motifs is 1. The van der Waals surface area contributed by atoms with E-state index in [9.17, 15) is 4.79 Å². The number of nitrogens with zero attached hydrogens (tertiary/aromatic N) is 1. The van der Waals surface area contributed by atoms with Crippen molar-refractivity contribution in [1.29, 1.82) is 0 Å². The van der Waals surface area contributed by atoms with Gasteiger partial charge in [0, 0.05) is 30.8 Å². The van der Waals surface area contributed by atoms with Gasteiger partial charge < -0.3 is 28.6 Å². The number of benzene rings is 4. The van der Waals surface area contributed by atoms with Crippen LogP contribution >= 0.6 is 0 Å². The van der Waals surface area contributed by atoms with Crippen molar-refractivity contribution < 1.29 is 28.5 Å². The topological polar surface area (TPSA) is 66.5 Å². The maximum absolute atomic E-state index is 14.2. The van der Waals surface area contributed by atoms with E-state index in [-0.39, 0.29) is 5.91 Å². The van der Waals surface area contributed by atoms with Gasteiger partial charge in [-0.1, -0.05) is 79.4 Å². The van der Waals surface area contributed by atoms with E-state index < -0.39 is 0 Å². The number of rotatable bonds is 15. The monoisotopic (exact) mass is 593 g/mol. The number of ether oxygens (including phenoxy) is 5. The Balaban J connectivity index is 1.38. The Labute approximate surface area is 259 Å². The molecule has 7 nitrogen and oxygen atoms in total. The van der Waals surface area contributed by atoms with Crippen LogP contribution in [0.1, 0.15) is 45.1 Å². The number of carbonyl (C=O) groups is 1. The molecule has 1 aliphatic rings. The lowest BCUT2D eigenvalue weighted by Crippen LogP contribution is -2.26. The van der Waals surface area contributed by atoms with Crippen molar-refractivity contribution >= 4 is 11.5 Å². The van der Waals surface area contributed by atoms with Crippen LogP contribution in [0.4, 0.5) is 0 Å². The summed E-state index contributed by atoms with van der Waals surface area (Å²) in [6, 6.07) is 29.5. The summed E-state index contributed by atoms with van der Waals surface area (Å²) >= 11 is 0. The summed E-state index contributed by atoms with van der Waals surface area (Å²) in [5.41, 5.74) is 6.14. The zero-order chi connectivity index (χ0) is 30.7. The highest BCUT2D eigenvalue weighted by Gasteiger charge is 2.29. The molecule has 0 radical (unpaired) electrons. The maximum atomic E-state index is 14.2. The summed E-state index contributed by atoms with van der Waals surface area (Å²) in [4.78, 5) is 16.0. The molecule has 0 fully saturated rings. The maximum Gasteiger partial charge on any atom is 0.258 e. The van der Waals surface area contributed by atoms with Crippen LogP contribution in [0.2, 0.25) is 0 Å². The normalized spacial score (nSPS) is 12.1. The van der Waals surface area contributed by atoms with Gasteiger partial charge in [-0.2, -0.15) is 0 Å². The SMILES string of the molecule is C=C(C)c1cc(C(=O)N2Cc3cccc(OCCOCCOC)c3C2)c(OCc2ccccc2)cc1OCc1ccccc1. The molecule has 0 saturated heterocycles. The van der Waals surface area contributed by atoms with Crippen molar-refractivity contribution in [3.8, 4) is 17.2 Å². The second-order valence-electron chi connectivity index (χ2n) is 10.7. The Morgan fingerprint density at radius 1 is 0.705 bits per heavy atom. The summed E-state index contributed by atoms with van der Waals surface area (Å²) in [5, 5.41) is 0. The molecule has 0 saturated carbocycles. The molecule has 0 N–H and O–H groups in total. The quantitative estimate of drug-likeness (QED) is 0.137. The number of methoxy groups -OCH3 is 1. The molecule has 4 aromatic rings. The van der Waals surface area contributed by atoms with Gasteiger partial charge in [0.05, 0.1) is 31.9 Å². The molecule has 5 rings (SSSR count). The van der Waals surface area contributed by atoms with Gasteiger partial charge in [-0.25, -0.2) is 0 Å². The third kappa shape index (κ3) is 7.86. The summed E-state index contributed by atoms with van der Waals surface area (Å²) in [5.74, 6) is 1.72. The Bertz CT molecular complexity index is 1550. The fourth-order valence-electron chi connectivity index (χ4n) is 5.07. The van der Waals surface area contributed by atoms with Gasteiger partial charge >= 0.3 is 0 Å². The van der Waals surface area contributed by atoms with Gasteiger partial charge in [0.1, 0.15) is 37.1 Å². The molecule has 0 unspecified atom stereocenters. The minimum absolute atomic E-state index is 0.129. The van der Waals surface area contributed by atoms with Crippen molar-refractivity contribution in [3.05, 3.63) is 131 Å². The molecule has 228 valence electrons. The largest absolute Gasteiger partial charge is 0.491 e. The summed E-state index contributed by atoms with van der Waals surface area (Å²) in [7, 11) is 1.64. The zero-order valence-corrected chi connectivity index (χ0v) is 25.4. The van der Waals surface area contributed by atoms with Crippen molar-refractivity contribution in [1.82, 2.24) is 4.90 Å². The molecule has 7 heteroatoms. The Morgan fingerprint density at radius 2 is 1.34 bits per heavy atom. The third-order valence-corrected chi connectivity index (χ3v) is 7.39. The molecule has 0 aromatic heterocycles. The van der Waals surface area contributed by atoms with Gasteiger partial charge in [0.2, 0.25) is 0 Å². The van der Waals surface area contributed by atoms with Gasteiger partial charge in [-0.15, -0.1) is 0 Å². The van der Waals surface area contributed by atoms with E-state index in [4.69, 9.17) is 23.7 Å². The van der Waals surface area contributed by atoms with Crippen LogP contribution in [0.15, 0.2) is 97.6 Å². The number of allylic oxidation sites excluding steroid dienone is 1. The molecular formula is C37H39NO6. The van der Waals surface area contributed by atoms with E-state index >= 15 is 0 Å². The molecule has 0 bridgehead atoms. The molecule has 1 heterocycles. The van der Waals surface area contributed by atoms with E-state index in [2.05, 4.69) is 6.58 Å². The first-order valence-electron chi connectivity index (χ1n) is 14.8. The van der Waals surface area contributed by atoms with E-state index in [1.165, 1.54) is 0 Å². The zero-order valence-electron chi connectivity index (χ0n) is 25.4. The van der Waals surface area contributed by atoms with Crippen molar-refractivity contribution in [2.45, 2.75) is 33.2 Å². The summed E-state index contributed by atoms with van der Waals surface area (Å²) in [6.07, 6.45) is 0. The highest BCUT2D eigenvalue weighted by Crippen LogP contribution is 2.37. The van der Waals surface area contributed by atoms with Gasteiger partial charge in [0.15, 0.2) is 0 Å². The van der Waals surface area contributed by atoms with Crippen LogP contribution < -0.4 is 14.2 Å². The van der Waals surface area contributed by atoms with Crippen LogP contribution in [0.3, 0.4) is 0 Å². The Hall–Kier alpha value is -4.59. The summed E-state index contributed by atoms with van der Waals surface area (Å²) < 4.78 is 29.2. The minimum atomic E-state index is -0.129. The standard InChI is InChI=1S/C37H39NO6/c1-27(2)31-21-32(37(39)38-23-30-15-10-16-34(33(30)24-38)42-20-19-41-18-17-40-3)36(44-26-29-13-8-5-9-14-29)22-35(31)43-25-28-11-6-4-7-12-28/h4-16,21-22H,1,17-20,23-26H2,2-3H3. The first-order chi connectivity index (χ1) is 21.5. The van der Waals surface area contributed by atoms with Crippen molar-refractivity contribution in [2.75, 3.05) is 33.5 Å². The van der Waals surface area contributed by atoms with E-state index in [0.29, 0.717) is 69.8 Å². The number of hydrogen-bond acceptors (Lipinski definition) is 6. The first kappa shape index (κ1) is 30.9. The second-order valence-corrected chi connectivity index (χ2v) is 10.7. The first-order valence-corrected chi connectivity index (χ1v) is 14.8. The lowest BCUT2D eigenvalue weighted by atomic mass is 10.0. The van der Waals surface area contributed by atoms with Crippen LogP contribution in [0.25, 0.3) is 5.57 Å². The molecule has 44 heavy (non-hydrogen) atoms. The Morgan fingerprint density at radius 3 is 1.98 bits per heavy atom. The minimum Gasteiger partial charge on any atom is -0.491 e. The predicted octanol–water partition coefficient (Wildman–Crippen LogP) is 7.08. The molecule has 1 amide bonds. The van der Waals surface area contributed by atoms with Crippen LogP contribution in [-0.2, 0) is 35.8 Å².